The summed E-state index contributed by atoms with van der Waals surface area (Å²) in [6.45, 7) is 4.39. The molecule has 100 valence electrons. The molecule has 3 nitrogen and oxygen atoms in total. The Kier molecular flexibility index (Phi) is 4.27. The first-order chi connectivity index (χ1) is 8.97. The second kappa shape index (κ2) is 5.75. The Morgan fingerprint density at radius 2 is 2.05 bits per heavy atom. The van der Waals surface area contributed by atoms with Crippen LogP contribution in [0.4, 0.5) is 5.69 Å². The van der Waals surface area contributed by atoms with Crippen LogP contribution in [0.5, 0.6) is 0 Å². The van der Waals surface area contributed by atoms with Crippen molar-refractivity contribution < 1.29 is 4.79 Å². The fourth-order valence-corrected chi connectivity index (χ4v) is 3.25. The van der Waals surface area contributed by atoms with E-state index in [2.05, 4.69) is 21.2 Å². The number of amides is 1. The number of nitrogens with one attached hydrogen (secondary N) is 1. The van der Waals surface area contributed by atoms with Crippen LogP contribution in [0.2, 0.25) is 0 Å². The quantitative estimate of drug-likeness (QED) is 0.839. The van der Waals surface area contributed by atoms with E-state index in [4.69, 9.17) is 5.73 Å². The zero-order valence-corrected chi connectivity index (χ0v) is 13.2. The van der Waals surface area contributed by atoms with E-state index in [0.29, 0.717) is 17.8 Å². The number of nitrogen functional groups attached to an aromatic ring is 1. The molecule has 1 aromatic carbocycles. The molecular formula is C14H15BrN2OS. The van der Waals surface area contributed by atoms with E-state index < -0.39 is 0 Å². The Hall–Kier alpha value is -1.33. The van der Waals surface area contributed by atoms with Crippen LogP contribution in [0.3, 0.4) is 0 Å². The highest BCUT2D eigenvalue weighted by Crippen LogP contribution is 2.22. The number of nitrogens with two attached hydrogens (primary N) is 1. The average Bonchev–Trinajstić information content (AvgIpc) is 2.77. The molecule has 0 aliphatic carbocycles. The molecule has 3 N–H and O–H groups in total. The first-order valence-electron chi connectivity index (χ1n) is 5.86. The summed E-state index contributed by atoms with van der Waals surface area (Å²) in [6, 6.07) is 7.64. The second-order valence-electron chi connectivity index (χ2n) is 4.41. The molecule has 2 aromatic rings. The number of anilines is 1. The molecule has 1 amide bonds. The molecule has 0 fully saturated rings. The Balaban J connectivity index is 2.10. The summed E-state index contributed by atoms with van der Waals surface area (Å²) in [4.78, 5) is 13.2. The third kappa shape index (κ3) is 3.36. The van der Waals surface area contributed by atoms with Gasteiger partial charge in [-0.05, 0) is 59.1 Å². The topological polar surface area (TPSA) is 55.1 Å². The van der Waals surface area contributed by atoms with Gasteiger partial charge in [0, 0.05) is 16.1 Å². The Labute approximate surface area is 125 Å². The molecule has 0 aliphatic rings. The zero-order chi connectivity index (χ0) is 14.0. The van der Waals surface area contributed by atoms with Gasteiger partial charge >= 0.3 is 0 Å². The van der Waals surface area contributed by atoms with E-state index in [0.717, 1.165) is 19.8 Å². The van der Waals surface area contributed by atoms with Crippen LogP contribution in [-0.2, 0) is 6.54 Å². The lowest BCUT2D eigenvalue weighted by molar-refractivity contribution is 0.0950. The van der Waals surface area contributed by atoms with Crippen LogP contribution in [0.1, 0.15) is 26.4 Å². The van der Waals surface area contributed by atoms with Gasteiger partial charge in [0.05, 0.1) is 10.3 Å². The minimum atomic E-state index is -0.0891. The largest absolute Gasteiger partial charge is 0.398 e. The van der Waals surface area contributed by atoms with E-state index in [-0.39, 0.29) is 5.91 Å². The molecular weight excluding hydrogens is 324 g/mol. The fourth-order valence-electron chi connectivity index (χ4n) is 1.82. The van der Waals surface area contributed by atoms with Gasteiger partial charge in [-0.2, -0.15) is 0 Å². The van der Waals surface area contributed by atoms with Crippen molar-refractivity contribution in [1.82, 2.24) is 5.32 Å². The van der Waals surface area contributed by atoms with Gasteiger partial charge in [0.15, 0.2) is 0 Å². The van der Waals surface area contributed by atoms with E-state index in [1.165, 1.54) is 0 Å². The molecule has 0 spiro atoms. The molecule has 2 rings (SSSR count). The summed E-state index contributed by atoms with van der Waals surface area (Å²) in [5.74, 6) is -0.0891. The molecule has 0 unspecified atom stereocenters. The molecule has 1 aromatic heterocycles. The average molecular weight is 339 g/mol. The van der Waals surface area contributed by atoms with Crippen molar-refractivity contribution in [3.8, 4) is 0 Å². The standard InChI is InChI=1S/C14H15BrN2OS/c1-8-5-9(2)12(16)6-11(8)14(18)17-7-10-3-4-13(15)19-10/h3-6H,7,16H2,1-2H3,(H,17,18). The lowest BCUT2D eigenvalue weighted by Gasteiger charge is -2.09. The maximum Gasteiger partial charge on any atom is 0.251 e. The maximum atomic E-state index is 12.1. The number of carbonyl (C=O) groups is 1. The van der Waals surface area contributed by atoms with Gasteiger partial charge in [-0.1, -0.05) is 6.07 Å². The molecule has 0 radical (unpaired) electrons. The first kappa shape index (κ1) is 14.1. The van der Waals surface area contributed by atoms with Crippen molar-refractivity contribution >= 4 is 38.9 Å². The van der Waals surface area contributed by atoms with Crippen LogP contribution in [0, 0.1) is 13.8 Å². The van der Waals surface area contributed by atoms with Gasteiger partial charge in [0.2, 0.25) is 0 Å². The Morgan fingerprint density at radius 3 is 2.68 bits per heavy atom. The predicted octanol–water partition coefficient (Wildman–Crippen LogP) is 3.64. The predicted molar refractivity (Wildman–Crippen MR) is 83.5 cm³/mol. The molecule has 1 heterocycles. The van der Waals surface area contributed by atoms with Crippen molar-refractivity contribution in [3.05, 3.63) is 49.6 Å². The highest BCUT2D eigenvalue weighted by molar-refractivity contribution is 9.11. The van der Waals surface area contributed by atoms with Crippen LogP contribution >= 0.6 is 27.3 Å². The van der Waals surface area contributed by atoms with Gasteiger partial charge in [0.1, 0.15) is 0 Å². The Morgan fingerprint density at radius 1 is 1.32 bits per heavy atom. The van der Waals surface area contributed by atoms with Crippen LogP contribution in [0.25, 0.3) is 0 Å². The molecule has 0 aliphatic heterocycles. The van der Waals surface area contributed by atoms with E-state index in [9.17, 15) is 4.79 Å². The minimum absolute atomic E-state index is 0.0891. The van der Waals surface area contributed by atoms with Crippen molar-refractivity contribution in [2.75, 3.05) is 5.73 Å². The third-order valence-corrected chi connectivity index (χ3v) is 4.53. The van der Waals surface area contributed by atoms with Gasteiger partial charge in [-0.3, -0.25) is 4.79 Å². The normalized spacial score (nSPS) is 10.5. The molecule has 0 atom stereocenters. The third-order valence-electron chi connectivity index (χ3n) is 2.91. The number of aryl methyl sites for hydroxylation is 2. The zero-order valence-electron chi connectivity index (χ0n) is 10.8. The summed E-state index contributed by atoms with van der Waals surface area (Å²) in [5.41, 5.74) is 9.08. The van der Waals surface area contributed by atoms with Crippen molar-refractivity contribution in [2.24, 2.45) is 0 Å². The van der Waals surface area contributed by atoms with Crippen LogP contribution < -0.4 is 11.1 Å². The van der Waals surface area contributed by atoms with Crippen molar-refractivity contribution in [3.63, 3.8) is 0 Å². The number of benzene rings is 1. The van der Waals surface area contributed by atoms with E-state index in [1.807, 2.05) is 32.0 Å². The highest BCUT2D eigenvalue weighted by atomic mass is 79.9. The number of thiophene rings is 1. The molecule has 0 saturated carbocycles. The van der Waals surface area contributed by atoms with Crippen LogP contribution in [-0.4, -0.2) is 5.91 Å². The molecule has 0 saturated heterocycles. The molecule has 19 heavy (non-hydrogen) atoms. The van der Waals surface area contributed by atoms with Crippen molar-refractivity contribution in [1.29, 1.82) is 0 Å². The lowest BCUT2D eigenvalue weighted by atomic mass is 10.0. The summed E-state index contributed by atoms with van der Waals surface area (Å²) in [7, 11) is 0. The number of carbonyl (C=O) groups excluding carboxylic acids is 1. The lowest BCUT2D eigenvalue weighted by Crippen LogP contribution is -2.23. The van der Waals surface area contributed by atoms with Gasteiger partial charge in [0.25, 0.3) is 5.91 Å². The fraction of sp³-hybridized carbons (Fsp3) is 0.214. The summed E-state index contributed by atoms with van der Waals surface area (Å²) < 4.78 is 1.06. The maximum absolute atomic E-state index is 12.1. The number of hydrogen-bond donors (Lipinski definition) is 2. The molecule has 0 bridgehead atoms. The summed E-state index contributed by atoms with van der Waals surface area (Å²) in [5, 5.41) is 2.91. The Bertz CT molecular complexity index is 622. The minimum Gasteiger partial charge on any atom is -0.398 e. The SMILES string of the molecule is Cc1cc(C)c(C(=O)NCc2ccc(Br)s2)cc1N. The van der Waals surface area contributed by atoms with Gasteiger partial charge in [-0.15, -0.1) is 11.3 Å². The number of halogens is 1. The highest BCUT2D eigenvalue weighted by Gasteiger charge is 2.11. The van der Waals surface area contributed by atoms with Gasteiger partial charge in [-0.25, -0.2) is 0 Å². The van der Waals surface area contributed by atoms with Crippen molar-refractivity contribution in [2.45, 2.75) is 20.4 Å². The van der Waals surface area contributed by atoms with Gasteiger partial charge < -0.3 is 11.1 Å². The number of rotatable bonds is 3. The van der Waals surface area contributed by atoms with E-state index >= 15 is 0 Å². The second-order valence-corrected chi connectivity index (χ2v) is 6.96. The summed E-state index contributed by atoms with van der Waals surface area (Å²) in [6.07, 6.45) is 0. The smallest absolute Gasteiger partial charge is 0.251 e. The summed E-state index contributed by atoms with van der Waals surface area (Å²) >= 11 is 5.01. The molecule has 5 heteroatoms. The van der Waals surface area contributed by atoms with E-state index in [1.54, 1.807) is 17.4 Å². The first-order valence-corrected chi connectivity index (χ1v) is 7.47. The number of hydrogen-bond acceptors (Lipinski definition) is 3. The van der Waals surface area contributed by atoms with Crippen LogP contribution in [0.15, 0.2) is 28.1 Å². The monoisotopic (exact) mass is 338 g/mol.